The van der Waals surface area contributed by atoms with Crippen LogP contribution in [0.5, 0.6) is 0 Å². The lowest BCUT2D eigenvalue weighted by molar-refractivity contribution is -0.125. The SMILES string of the molecule is C[C@@H](CC(C(=O)CC(C)(C)C)(c1ccccc1)c1ccccc1)N(C)C. The highest BCUT2D eigenvalue weighted by Gasteiger charge is 2.43. The van der Waals surface area contributed by atoms with Crippen LogP contribution in [0.3, 0.4) is 0 Å². The fourth-order valence-electron chi connectivity index (χ4n) is 3.54. The molecular weight excluding hydrogens is 318 g/mol. The Bertz CT molecular complexity index is 658. The standard InChI is InChI=1S/C24H33NO/c1-19(25(5)6)17-24(20-13-9-7-10-14-20,21-15-11-8-12-16-21)22(26)18-23(2,3)4/h7-16,19H,17-18H2,1-6H3/t19-/m0/s1. The molecule has 2 aromatic carbocycles. The van der Waals surface area contributed by atoms with Crippen molar-refractivity contribution in [3.63, 3.8) is 0 Å². The van der Waals surface area contributed by atoms with E-state index in [2.05, 4.69) is 71.0 Å². The molecule has 0 N–H and O–H groups in total. The van der Waals surface area contributed by atoms with Gasteiger partial charge in [-0.1, -0.05) is 81.4 Å². The molecule has 0 saturated carbocycles. The Balaban J connectivity index is 2.68. The summed E-state index contributed by atoms with van der Waals surface area (Å²) in [6.07, 6.45) is 1.32. The first-order valence-corrected chi connectivity index (χ1v) is 9.47. The summed E-state index contributed by atoms with van der Waals surface area (Å²) in [5, 5.41) is 0. The van der Waals surface area contributed by atoms with Crippen LogP contribution in [0.15, 0.2) is 60.7 Å². The van der Waals surface area contributed by atoms with Crippen LogP contribution < -0.4 is 0 Å². The summed E-state index contributed by atoms with van der Waals surface area (Å²) in [7, 11) is 4.17. The molecule has 0 aromatic heterocycles. The molecule has 0 unspecified atom stereocenters. The van der Waals surface area contributed by atoms with Crippen LogP contribution in [-0.2, 0) is 10.2 Å². The maximum Gasteiger partial charge on any atom is 0.148 e. The van der Waals surface area contributed by atoms with E-state index >= 15 is 0 Å². The summed E-state index contributed by atoms with van der Waals surface area (Å²) in [4.78, 5) is 16.0. The van der Waals surface area contributed by atoms with E-state index in [1.807, 2.05) is 36.4 Å². The van der Waals surface area contributed by atoms with Crippen molar-refractivity contribution in [2.45, 2.75) is 52.0 Å². The largest absolute Gasteiger partial charge is 0.307 e. The van der Waals surface area contributed by atoms with E-state index in [1.165, 1.54) is 0 Å². The van der Waals surface area contributed by atoms with Crippen LogP contribution in [0, 0.1) is 5.41 Å². The van der Waals surface area contributed by atoms with Gasteiger partial charge in [0.2, 0.25) is 0 Å². The predicted octanol–water partition coefficient (Wildman–Crippen LogP) is 5.32. The number of Topliss-reactive ketones (excluding diaryl/α,β-unsaturated/α-hetero) is 1. The lowest BCUT2D eigenvalue weighted by Gasteiger charge is -2.39. The fraction of sp³-hybridized carbons (Fsp3) is 0.458. The van der Waals surface area contributed by atoms with Gasteiger partial charge in [0.15, 0.2) is 0 Å². The predicted molar refractivity (Wildman–Crippen MR) is 111 cm³/mol. The lowest BCUT2D eigenvalue weighted by Crippen LogP contribution is -2.44. The van der Waals surface area contributed by atoms with Gasteiger partial charge in [-0.3, -0.25) is 4.79 Å². The number of carbonyl (C=O) groups is 1. The van der Waals surface area contributed by atoms with Crippen molar-refractivity contribution >= 4 is 5.78 Å². The first kappa shape index (κ1) is 20.4. The number of rotatable bonds is 7. The molecule has 1 atom stereocenters. The lowest BCUT2D eigenvalue weighted by atomic mass is 9.65. The van der Waals surface area contributed by atoms with E-state index in [4.69, 9.17) is 0 Å². The van der Waals surface area contributed by atoms with E-state index in [0.717, 1.165) is 17.5 Å². The second-order valence-electron chi connectivity index (χ2n) is 8.81. The second kappa shape index (κ2) is 8.18. The monoisotopic (exact) mass is 351 g/mol. The van der Waals surface area contributed by atoms with Crippen molar-refractivity contribution in [2.75, 3.05) is 14.1 Å². The van der Waals surface area contributed by atoms with Crippen molar-refractivity contribution in [1.29, 1.82) is 0 Å². The normalized spacial score (nSPS) is 13.7. The van der Waals surface area contributed by atoms with E-state index in [0.29, 0.717) is 12.2 Å². The molecule has 0 amide bonds. The molecule has 0 fully saturated rings. The van der Waals surface area contributed by atoms with Gasteiger partial charge in [-0.25, -0.2) is 0 Å². The number of carbonyl (C=O) groups excluding carboxylic acids is 1. The summed E-state index contributed by atoms with van der Waals surface area (Å²) in [5.41, 5.74) is 1.51. The minimum Gasteiger partial charge on any atom is -0.307 e. The average Bonchev–Trinajstić information content (AvgIpc) is 2.59. The molecule has 0 radical (unpaired) electrons. The molecule has 2 nitrogen and oxygen atoms in total. The van der Waals surface area contributed by atoms with Gasteiger partial charge in [0.25, 0.3) is 0 Å². The molecule has 0 aliphatic heterocycles. The highest BCUT2D eigenvalue weighted by atomic mass is 16.1. The van der Waals surface area contributed by atoms with Crippen LogP contribution in [0.1, 0.15) is 51.7 Å². The topological polar surface area (TPSA) is 20.3 Å². The maximum absolute atomic E-state index is 13.8. The van der Waals surface area contributed by atoms with Gasteiger partial charge in [0.1, 0.15) is 5.78 Å². The van der Waals surface area contributed by atoms with Crippen molar-refractivity contribution in [1.82, 2.24) is 4.90 Å². The molecule has 0 bridgehead atoms. The van der Waals surface area contributed by atoms with Gasteiger partial charge in [0.05, 0.1) is 5.41 Å². The van der Waals surface area contributed by atoms with Crippen LogP contribution in [-0.4, -0.2) is 30.8 Å². The highest BCUT2D eigenvalue weighted by Crippen LogP contribution is 2.41. The van der Waals surface area contributed by atoms with Crippen LogP contribution in [0.4, 0.5) is 0 Å². The zero-order valence-corrected chi connectivity index (χ0v) is 17.1. The summed E-state index contributed by atoms with van der Waals surface area (Å²) < 4.78 is 0. The minimum atomic E-state index is -0.626. The average molecular weight is 352 g/mol. The zero-order chi connectivity index (χ0) is 19.4. The maximum atomic E-state index is 13.8. The van der Waals surface area contributed by atoms with Gasteiger partial charge >= 0.3 is 0 Å². The molecule has 0 aliphatic carbocycles. The molecule has 2 heteroatoms. The Morgan fingerprint density at radius 3 is 1.65 bits per heavy atom. The molecule has 0 saturated heterocycles. The quantitative estimate of drug-likeness (QED) is 0.673. The van der Waals surface area contributed by atoms with Crippen LogP contribution in [0.25, 0.3) is 0 Å². The molecule has 0 aliphatic rings. The van der Waals surface area contributed by atoms with Crippen LogP contribution in [0.2, 0.25) is 0 Å². The van der Waals surface area contributed by atoms with E-state index in [9.17, 15) is 4.79 Å². The van der Waals surface area contributed by atoms with E-state index in [-0.39, 0.29) is 11.5 Å². The number of hydrogen-bond donors (Lipinski definition) is 0. The zero-order valence-electron chi connectivity index (χ0n) is 17.1. The molecule has 2 aromatic rings. The third-order valence-corrected chi connectivity index (χ3v) is 5.18. The van der Waals surface area contributed by atoms with E-state index in [1.54, 1.807) is 0 Å². The van der Waals surface area contributed by atoms with Crippen molar-refractivity contribution in [3.8, 4) is 0 Å². The molecule has 0 spiro atoms. The Labute approximate surface area is 159 Å². The van der Waals surface area contributed by atoms with Crippen molar-refractivity contribution < 1.29 is 4.79 Å². The number of hydrogen-bond acceptors (Lipinski definition) is 2. The fourth-order valence-corrected chi connectivity index (χ4v) is 3.54. The summed E-state index contributed by atoms with van der Waals surface area (Å²) in [6, 6.07) is 20.9. The summed E-state index contributed by atoms with van der Waals surface area (Å²) in [6.45, 7) is 8.62. The highest BCUT2D eigenvalue weighted by molar-refractivity contribution is 5.94. The van der Waals surface area contributed by atoms with Gasteiger partial charge in [0, 0.05) is 12.5 Å². The number of benzene rings is 2. The third-order valence-electron chi connectivity index (χ3n) is 5.18. The van der Waals surface area contributed by atoms with Gasteiger partial charge < -0.3 is 4.90 Å². The first-order chi connectivity index (χ1) is 12.2. The van der Waals surface area contributed by atoms with Gasteiger partial charge in [-0.2, -0.15) is 0 Å². The third kappa shape index (κ3) is 4.62. The van der Waals surface area contributed by atoms with Gasteiger partial charge in [-0.15, -0.1) is 0 Å². The Morgan fingerprint density at radius 1 is 0.885 bits per heavy atom. The molecular formula is C24H33NO. The summed E-state index contributed by atoms with van der Waals surface area (Å²) >= 11 is 0. The molecule has 140 valence electrons. The second-order valence-corrected chi connectivity index (χ2v) is 8.81. The van der Waals surface area contributed by atoms with E-state index < -0.39 is 5.41 Å². The number of nitrogens with zero attached hydrogens (tertiary/aromatic N) is 1. The molecule has 2 rings (SSSR count). The smallest absolute Gasteiger partial charge is 0.148 e. The molecule has 0 heterocycles. The minimum absolute atomic E-state index is 0.0484. The Morgan fingerprint density at radius 2 is 1.31 bits per heavy atom. The van der Waals surface area contributed by atoms with Crippen molar-refractivity contribution in [3.05, 3.63) is 71.8 Å². The Kier molecular flexibility index (Phi) is 6.41. The first-order valence-electron chi connectivity index (χ1n) is 9.47. The number of ketones is 1. The van der Waals surface area contributed by atoms with Crippen LogP contribution >= 0.6 is 0 Å². The summed E-state index contributed by atoms with van der Waals surface area (Å²) in [5.74, 6) is 0.302. The van der Waals surface area contributed by atoms with Crippen molar-refractivity contribution in [2.24, 2.45) is 5.41 Å². The molecule has 26 heavy (non-hydrogen) atoms. The Hall–Kier alpha value is -1.93. The van der Waals surface area contributed by atoms with Gasteiger partial charge in [-0.05, 0) is 44.0 Å².